The van der Waals surface area contributed by atoms with Crippen molar-refractivity contribution in [2.45, 2.75) is 83.5 Å². The standard InChI is InChI=1S/C23H35N5OS/c1-22(2)12-15(13-23(3,4)27-22)24-20-19-16-6-5-7-17(16)30-21(19)26-18(25-20)14-28-8-10-29-11-9-28/h15,27H,5-14H2,1-4H3,(H,24,25,26). The van der Waals surface area contributed by atoms with Gasteiger partial charge < -0.3 is 15.4 Å². The number of piperidine rings is 1. The Morgan fingerprint density at radius 3 is 2.57 bits per heavy atom. The van der Waals surface area contributed by atoms with Crippen LogP contribution in [0.15, 0.2) is 0 Å². The number of hydrogen-bond acceptors (Lipinski definition) is 7. The lowest BCUT2D eigenvalue weighted by Gasteiger charge is -2.46. The van der Waals surface area contributed by atoms with Crippen LogP contribution in [0, 0.1) is 0 Å². The Balaban J connectivity index is 1.48. The Bertz CT molecular complexity index is 915. The van der Waals surface area contributed by atoms with Crippen LogP contribution in [0.4, 0.5) is 5.82 Å². The van der Waals surface area contributed by atoms with Gasteiger partial charge in [0.15, 0.2) is 0 Å². The van der Waals surface area contributed by atoms with Crippen molar-refractivity contribution in [3.8, 4) is 0 Å². The predicted octanol–water partition coefficient (Wildman–Crippen LogP) is 3.73. The summed E-state index contributed by atoms with van der Waals surface area (Å²) in [6.07, 6.45) is 5.81. The molecule has 0 saturated carbocycles. The molecular formula is C23H35N5OS. The van der Waals surface area contributed by atoms with Crippen molar-refractivity contribution in [1.82, 2.24) is 20.2 Å². The minimum Gasteiger partial charge on any atom is -0.379 e. The van der Waals surface area contributed by atoms with Gasteiger partial charge in [-0.3, -0.25) is 4.90 Å². The normalized spacial score (nSPS) is 24.3. The predicted molar refractivity (Wildman–Crippen MR) is 123 cm³/mol. The maximum Gasteiger partial charge on any atom is 0.146 e. The van der Waals surface area contributed by atoms with Crippen molar-refractivity contribution in [1.29, 1.82) is 0 Å². The third-order valence-electron chi connectivity index (χ3n) is 6.61. The summed E-state index contributed by atoms with van der Waals surface area (Å²) in [7, 11) is 0. The number of nitrogens with zero attached hydrogens (tertiary/aromatic N) is 3. The Labute approximate surface area is 183 Å². The van der Waals surface area contributed by atoms with Gasteiger partial charge in [0, 0.05) is 35.1 Å². The van der Waals surface area contributed by atoms with E-state index in [0.717, 1.165) is 57.3 Å². The topological polar surface area (TPSA) is 62.3 Å². The first-order valence-corrected chi connectivity index (χ1v) is 12.3. The number of aryl methyl sites for hydroxylation is 2. The van der Waals surface area contributed by atoms with Crippen molar-refractivity contribution in [3.63, 3.8) is 0 Å². The summed E-state index contributed by atoms with van der Waals surface area (Å²) < 4.78 is 5.51. The highest BCUT2D eigenvalue weighted by molar-refractivity contribution is 7.19. The number of anilines is 1. The summed E-state index contributed by atoms with van der Waals surface area (Å²) in [5.74, 6) is 2.01. The molecular weight excluding hydrogens is 394 g/mol. The third-order valence-corrected chi connectivity index (χ3v) is 7.80. The summed E-state index contributed by atoms with van der Waals surface area (Å²) in [4.78, 5) is 15.2. The highest BCUT2D eigenvalue weighted by Gasteiger charge is 2.38. The molecule has 0 amide bonds. The van der Waals surface area contributed by atoms with E-state index in [0.29, 0.717) is 6.04 Å². The molecule has 6 nitrogen and oxygen atoms in total. The summed E-state index contributed by atoms with van der Waals surface area (Å²) in [5.41, 5.74) is 1.72. The fourth-order valence-corrected chi connectivity index (χ4v) is 7.07. The van der Waals surface area contributed by atoms with Crippen molar-refractivity contribution in [2.24, 2.45) is 0 Å². The zero-order valence-electron chi connectivity index (χ0n) is 18.8. The molecule has 0 radical (unpaired) electrons. The summed E-state index contributed by atoms with van der Waals surface area (Å²) in [6, 6.07) is 0.405. The van der Waals surface area contributed by atoms with E-state index in [1.807, 2.05) is 11.3 Å². The summed E-state index contributed by atoms with van der Waals surface area (Å²) in [6.45, 7) is 13.6. The molecule has 0 atom stereocenters. The molecule has 2 aromatic heterocycles. The van der Waals surface area contributed by atoms with Crippen molar-refractivity contribution >= 4 is 27.4 Å². The lowest BCUT2D eigenvalue weighted by Crippen LogP contribution is -2.60. The van der Waals surface area contributed by atoms with Crippen LogP contribution in [0.3, 0.4) is 0 Å². The maximum atomic E-state index is 5.51. The van der Waals surface area contributed by atoms with E-state index in [4.69, 9.17) is 14.7 Å². The second-order valence-corrected chi connectivity index (χ2v) is 11.6. The SMILES string of the molecule is CC1(C)CC(Nc2nc(CN3CCOCC3)nc3sc4c(c23)CCC4)CC(C)(C)N1. The average molecular weight is 430 g/mol. The van der Waals surface area contributed by atoms with Crippen LogP contribution < -0.4 is 10.6 Å². The fraction of sp³-hybridized carbons (Fsp3) is 0.739. The van der Waals surface area contributed by atoms with Gasteiger partial charge in [-0.05, 0) is 65.4 Å². The van der Waals surface area contributed by atoms with Crippen molar-refractivity contribution in [3.05, 3.63) is 16.3 Å². The monoisotopic (exact) mass is 429 g/mol. The number of ether oxygens (including phenoxy) is 1. The van der Waals surface area contributed by atoms with Crippen LogP contribution in [-0.4, -0.2) is 58.3 Å². The Morgan fingerprint density at radius 1 is 1.10 bits per heavy atom. The molecule has 2 N–H and O–H groups in total. The van der Waals surface area contributed by atoms with Crippen molar-refractivity contribution in [2.75, 3.05) is 31.6 Å². The summed E-state index contributed by atoms with van der Waals surface area (Å²) >= 11 is 1.89. The molecule has 0 spiro atoms. The molecule has 5 rings (SSSR count). The molecule has 1 aliphatic carbocycles. The molecule has 0 unspecified atom stereocenters. The summed E-state index contributed by atoms with van der Waals surface area (Å²) in [5, 5.41) is 9.00. The lowest BCUT2D eigenvalue weighted by atomic mass is 9.79. The third kappa shape index (κ3) is 4.22. The minimum absolute atomic E-state index is 0.110. The Hall–Kier alpha value is -1.28. The molecule has 164 valence electrons. The van der Waals surface area contributed by atoms with Gasteiger partial charge in [0.1, 0.15) is 16.5 Å². The lowest BCUT2D eigenvalue weighted by molar-refractivity contribution is 0.0331. The number of thiophene rings is 1. The van der Waals surface area contributed by atoms with Gasteiger partial charge in [-0.25, -0.2) is 9.97 Å². The van der Waals surface area contributed by atoms with Gasteiger partial charge in [-0.2, -0.15) is 0 Å². The van der Waals surface area contributed by atoms with E-state index < -0.39 is 0 Å². The molecule has 3 aliphatic rings. The van der Waals surface area contributed by atoms with E-state index in [9.17, 15) is 0 Å². The van der Waals surface area contributed by atoms with Crippen LogP contribution in [-0.2, 0) is 24.1 Å². The van der Waals surface area contributed by atoms with Crippen LogP contribution in [0.5, 0.6) is 0 Å². The second-order valence-electron chi connectivity index (χ2n) is 10.6. The van der Waals surface area contributed by atoms with Crippen LogP contribution >= 0.6 is 11.3 Å². The van der Waals surface area contributed by atoms with Gasteiger partial charge in [0.25, 0.3) is 0 Å². The molecule has 7 heteroatoms. The van der Waals surface area contributed by atoms with Gasteiger partial charge >= 0.3 is 0 Å². The second kappa shape index (κ2) is 7.69. The zero-order valence-corrected chi connectivity index (χ0v) is 19.6. The van der Waals surface area contributed by atoms with E-state index in [-0.39, 0.29) is 11.1 Å². The highest BCUT2D eigenvalue weighted by Crippen LogP contribution is 2.40. The molecule has 2 aliphatic heterocycles. The number of morpholine rings is 1. The van der Waals surface area contributed by atoms with Crippen LogP contribution in [0.1, 0.15) is 63.2 Å². The number of rotatable bonds is 4. The number of fused-ring (bicyclic) bond motifs is 3. The Morgan fingerprint density at radius 2 is 1.83 bits per heavy atom. The molecule has 0 bridgehead atoms. The largest absolute Gasteiger partial charge is 0.379 e. The molecule has 2 aromatic rings. The van der Waals surface area contributed by atoms with E-state index in [2.05, 4.69) is 43.2 Å². The van der Waals surface area contributed by atoms with E-state index >= 15 is 0 Å². The van der Waals surface area contributed by atoms with E-state index in [1.165, 1.54) is 39.9 Å². The van der Waals surface area contributed by atoms with Gasteiger partial charge in [0.2, 0.25) is 0 Å². The molecule has 0 aromatic carbocycles. The van der Waals surface area contributed by atoms with Crippen molar-refractivity contribution < 1.29 is 4.74 Å². The minimum atomic E-state index is 0.110. The molecule has 2 saturated heterocycles. The maximum absolute atomic E-state index is 5.51. The fourth-order valence-electron chi connectivity index (χ4n) is 5.79. The van der Waals surface area contributed by atoms with Crippen LogP contribution in [0.25, 0.3) is 10.2 Å². The average Bonchev–Trinajstić information content (AvgIpc) is 3.20. The first-order valence-electron chi connectivity index (χ1n) is 11.5. The number of hydrogen-bond donors (Lipinski definition) is 2. The van der Waals surface area contributed by atoms with Gasteiger partial charge in [0.05, 0.1) is 25.1 Å². The van der Waals surface area contributed by atoms with E-state index in [1.54, 1.807) is 0 Å². The first kappa shape index (κ1) is 20.6. The van der Waals surface area contributed by atoms with Crippen LogP contribution in [0.2, 0.25) is 0 Å². The molecule has 30 heavy (non-hydrogen) atoms. The first-order chi connectivity index (χ1) is 14.3. The van der Waals surface area contributed by atoms with Gasteiger partial charge in [-0.1, -0.05) is 0 Å². The van der Waals surface area contributed by atoms with Gasteiger partial charge in [-0.15, -0.1) is 11.3 Å². The highest BCUT2D eigenvalue weighted by atomic mass is 32.1. The molecule has 2 fully saturated rings. The smallest absolute Gasteiger partial charge is 0.146 e. The Kier molecular flexibility index (Phi) is 5.29. The number of aromatic nitrogens is 2. The molecule has 4 heterocycles. The quantitative estimate of drug-likeness (QED) is 0.772. The number of nitrogens with one attached hydrogen (secondary N) is 2. The zero-order chi connectivity index (χ0) is 20.9.